The molecule has 96 valence electrons. The fourth-order valence-electron chi connectivity index (χ4n) is 1.61. The van der Waals surface area contributed by atoms with E-state index in [9.17, 15) is 9.59 Å². The van der Waals surface area contributed by atoms with Crippen LogP contribution in [0.3, 0.4) is 0 Å². The molecule has 0 spiro atoms. The molecular formula is C12H19NO4. The quantitative estimate of drug-likeness (QED) is 0.690. The summed E-state index contributed by atoms with van der Waals surface area (Å²) in [5.41, 5.74) is 0. The van der Waals surface area contributed by atoms with Crippen LogP contribution in [0.25, 0.3) is 0 Å². The first kappa shape index (κ1) is 13.5. The van der Waals surface area contributed by atoms with Gasteiger partial charge in [0.05, 0.1) is 19.1 Å². The number of carbonyl (C=O) groups excluding carboxylic acids is 2. The van der Waals surface area contributed by atoms with Crippen LogP contribution in [-0.4, -0.2) is 36.2 Å². The summed E-state index contributed by atoms with van der Waals surface area (Å²) in [5, 5.41) is 0. The van der Waals surface area contributed by atoms with E-state index in [2.05, 4.69) is 0 Å². The van der Waals surface area contributed by atoms with Crippen molar-refractivity contribution in [1.82, 2.24) is 4.90 Å². The van der Waals surface area contributed by atoms with Gasteiger partial charge in [-0.2, -0.15) is 0 Å². The van der Waals surface area contributed by atoms with Crippen molar-refractivity contribution >= 4 is 12.1 Å². The summed E-state index contributed by atoms with van der Waals surface area (Å²) in [4.78, 5) is 24.1. The number of carbonyl (C=O) groups is 2. The lowest BCUT2D eigenvalue weighted by atomic mass is 10.1. The molecule has 1 heterocycles. The standard InChI is InChI=1S/C12H19NO4/c1-4-16-11(14)6-5-7-13-10(9(2)3)8-17-12(13)15/h5,7,9-10H,4,6,8H2,1-3H3/b7-5+/t10-/m1/s1. The van der Waals surface area contributed by atoms with Gasteiger partial charge in [-0.05, 0) is 12.8 Å². The zero-order chi connectivity index (χ0) is 12.8. The molecule has 0 unspecified atom stereocenters. The van der Waals surface area contributed by atoms with Gasteiger partial charge in [-0.25, -0.2) is 4.79 Å². The van der Waals surface area contributed by atoms with Gasteiger partial charge in [0.2, 0.25) is 0 Å². The lowest BCUT2D eigenvalue weighted by molar-refractivity contribution is -0.142. The van der Waals surface area contributed by atoms with Crippen molar-refractivity contribution in [3.63, 3.8) is 0 Å². The van der Waals surface area contributed by atoms with Crippen LogP contribution in [0.5, 0.6) is 0 Å². The molecule has 1 aliphatic heterocycles. The number of rotatable bonds is 5. The van der Waals surface area contributed by atoms with Gasteiger partial charge in [0, 0.05) is 6.20 Å². The minimum absolute atomic E-state index is 0.0425. The maximum Gasteiger partial charge on any atom is 0.414 e. The Hall–Kier alpha value is -1.52. The summed E-state index contributed by atoms with van der Waals surface area (Å²) < 4.78 is 9.75. The van der Waals surface area contributed by atoms with Gasteiger partial charge in [-0.1, -0.05) is 19.9 Å². The molecule has 1 atom stereocenters. The first-order chi connectivity index (χ1) is 8.06. The van der Waals surface area contributed by atoms with E-state index < -0.39 is 0 Å². The predicted molar refractivity (Wildman–Crippen MR) is 62.2 cm³/mol. The Morgan fingerprint density at radius 3 is 2.94 bits per heavy atom. The average Bonchev–Trinajstić information content (AvgIpc) is 2.61. The van der Waals surface area contributed by atoms with Crippen LogP contribution in [0.1, 0.15) is 27.2 Å². The van der Waals surface area contributed by atoms with Gasteiger partial charge in [0.1, 0.15) is 6.61 Å². The van der Waals surface area contributed by atoms with Crippen molar-refractivity contribution < 1.29 is 19.1 Å². The second-order valence-corrected chi connectivity index (χ2v) is 4.19. The maximum absolute atomic E-state index is 11.4. The number of nitrogens with zero attached hydrogens (tertiary/aromatic N) is 1. The van der Waals surface area contributed by atoms with E-state index in [1.54, 1.807) is 19.2 Å². The van der Waals surface area contributed by atoms with E-state index in [0.717, 1.165) is 0 Å². The summed E-state index contributed by atoms with van der Waals surface area (Å²) >= 11 is 0. The van der Waals surface area contributed by atoms with Gasteiger partial charge < -0.3 is 9.47 Å². The summed E-state index contributed by atoms with van der Waals surface area (Å²) in [6, 6.07) is 0.0425. The number of amides is 1. The lowest BCUT2D eigenvalue weighted by Crippen LogP contribution is -2.32. The van der Waals surface area contributed by atoms with Gasteiger partial charge in [0.25, 0.3) is 0 Å². The van der Waals surface area contributed by atoms with Crippen LogP contribution in [0.15, 0.2) is 12.3 Å². The van der Waals surface area contributed by atoms with Gasteiger partial charge in [0.15, 0.2) is 0 Å². The van der Waals surface area contributed by atoms with Crippen molar-refractivity contribution in [3.8, 4) is 0 Å². The molecule has 1 saturated heterocycles. The first-order valence-electron chi connectivity index (χ1n) is 5.83. The molecule has 0 aromatic heterocycles. The molecule has 0 N–H and O–H groups in total. The summed E-state index contributed by atoms with van der Waals surface area (Å²) in [6.45, 7) is 6.58. The Balaban J connectivity index is 2.50. The Morgan fingerprint density at radius 1 is 1.65 bits per heavy atom. The highest BCUT2D eigenvalue weighted by Crippen LogP contribution is 2.19. The molecule has 0 aliphatic carbocycles. The molecule has 1 aliphatic rings. The molecule has 0 aromatic carbocycles. The van der Waals surface area contributed by atoms with Crippen LogP contribution in [0.4, 0.5) is 4.79 Å². The lowest BCUT2D eigenvalue weighted by Gasteiger charge is -2.20. The van der Waals surface area contributed by atoms with Crippen molar-refractivity contribution in [2.45, 2.75) is 33.2 Å². The van der Waals surface area contributed by atoms with E-state index in [4.69, 9.17) is 9.47 Å². The Bertz CT molecular complexity index is 312. The molecule has 0 saturated carbocycles. The Labute approximate surface area is 101 Å². The number of esters is 1. The smallest absolute Gasteiger partial charge is 0.414 e. The molecule has 0 radical (unpaired) electrons. The molecule has 0 aromatic rings. The maximum atomic E-state index is 11.4. The third-order valence-electron chi connectivity index (χ3n) is 2.57. The molecule has 1 fully saturated rings. The summed E-state index contributed by atoms with van der Waals surface area (Å²) in [5.74, 6) is 0.0195. The van der Waals surface area contributed by atoms with E-state index in [-0.39, 0.29) is 24.5 Å². The normalized spacial score (nSPS) is 20.1. The van der Waals surface area contributed by atoms with Gasteiger partial charge in [-0.3, -0.25) is 9.69 Å². The zero-order valence-electron chi connectivity index (χ0n) is 10.5. The number of hydrogen-bond donors (Lipinski definition) is 0. The van der Waals surface area contributed by atoms with Gasteiger partial charge >= 0.3 is 12.1 Å². The van der Waals surface area contributed by atoms with Crippen molar-refractivity contribution in [2.24, 2.45) is 5.92 Å². The minimum Gasteiger partial charge on any atom is -0.466 e. The topological polar surface area (TPSA) is 55.8 Å². The van der Waals surface area contributed by atoms with E-state index in [0.29, 0.717) is 19.1 Å². The highest BCUT2D eigenvalue weighted by Gasteiger charge is 2.33. The second kappa shape index (κ2) is 6.27. The number of ether oxygens (including phenoxy) is 2. The fourth-order valence-corrected chi connectivity index (χ4v) is 1.61. The Morgan fingerprint density at radius 2 is 2.35 bits per heavy atom. The monoisotopic (exact) mass is 241 g/mol. The predicted octanol–water partition coefficient (Wildman–Crippen LogP) is 1.93. The Kier molecular flexibility index (Phi) is 5.00. The summed E-state index contributed by atoms with van der Waals surface area (Å²) in [7, 11) is 0. The van der Waals surface area contributed by atoms with Crippen LogP contribution < -0.4 is 0 Å². The molecule has 5 heteroatoms. The highest BCUT2D eigenvalue weighted by atomic mass is 16.6. The SMILES string of the molecule is CCOC(=O)C/C=C/N1C(=O)OC[C@@H]1C(C)C. The molecule has 0 bridgehead atoms. The molecule has 1 amide bonds. The van der Waals surface area contributed by atoms with Crippen molar-refractivity contribution in [1.29, 1.82) is 0 Å². The number of cyclic esters (lactones) is 1. The average molecular weight is 241 g/mol. The number of hydrogen-bond acceptors (Lipinski definition) is 4. The van der Waals surface area contributed by atoms with Crippen molar-refractivity contribution in [2.75, 3.05) is 13.2 Å². The minimum atomic E-state index is -0.358. The molecular weight excluding hydrogens is 222 g/mol. The highest BCUT2D eigenvalue weighted by molar-refractivity contribution is 5.73. The largest absolute Gasteiger partial charge is 0.466 e. The van der Waals surface area contributed by atoms with Crippen LogP contribution in [0.2, 0.25) is 0 Å². The van der Waals surface area contributed by atoms with E-state index >= 15 is 0 Å². The molecule has 17 heavy (non-hydrogen) atoms. The molecule has 5 nitrogen and oxygen atoms in total. The van der Waals surface area contributed by atoms with E-state index in [1.807, 2.05) is 13.8 Å². The third-order valence-corrected chi connectivity index (χ3v) is 2.57. The van der Waals surface area contributed by atoms with E-state index in [1.165, 1.54) is 4.90 Å². The molecule has 1 rings (SSSR count). The first-order valence-corrected chi connectivity index (χ1v) is 5.83. The van der Waals surface area contributed by atoms with Crippen LogP contribution in [-0.2, 0) is 14.3 Å². The zero-order valence-corrected chi connectivity index (χ0v) is 10.5. The van der Waals surface area contributed by atoms with Crippen molar-refractivity contribution in [3.05, 3.63) is 12.3 Å². The third kappa shape index (κ3) is 3.76. The van der Waals surface area contributed by atoms with Crippen LogP contribution >= 0.6 is 0 Å². The van der Waals surface area contributed by atoms with Gasteiger partial charge in [-0.15, -0.1) is 0 Å². The fraction of sp³-hybridized carbons (Fsp3) is 0.667. The van der Waals surface area contributed by atoms with Crippen LogP contribution in [0, 0.1) is 5.92 Å². The second-order valence-electron chi connectivity index (χ2n) is 4.19. The summed E-state index contributed by atoms with van der Waals surface area (Å²) in [6.07, 6.45) is 3.04.